The Morgan fingerprint density at radius 2 is 2.12 bits per heavy atom. The Kier molecular flexibility index (Phi) is 7.14. The first-order valence-corrected chi connectivity index (χ1v) is 5.14. The van der Waals surface area contributed by atoms with Gasteiger partial charge in [-0.05, 0) is 18.6 Å². The summed E-state index contributed by atoms with van der Waals surface area (Å²) in [6, 6.07) is 0. The fraction of sp³-hybridized carbons (Fsp3) is 0.625. The fourth-order valence-corrected chi connectivity index (χ4v) is 0.936. The molecule has 7 nitrogen and oxygen atoms in total. The lowest BCUT2D eigenvalue weighted by Gasteiger charge is -2.22. The van der Waals surface area contributed by atoms with Crippen molar-refractivity contribution in [3.63, 3.8) is 0 Å². The number of unbranched alkanes of at least 4 members (excludes halogenated alkanes) is 1. The lowest BCUT2D eigenvalue weighted by atomic mass is 10.3. The van der Waals surface area contributed by atoms with Crippen molar-refractivity contribution in [3.05, 3.63) is 0 Å². The van der Waals surface area contributed by atoms with Crippen molar-refractivity contribution in [1.82, 2.24) is 16.0 Å². The van der Waals surface area contributed by atoms with Crippen LogP contribution < -0.4 is 16.7 Å². The summed E-state index contributed by atoms with van der Waals surface area (Å²) in [5.41, 5.74) is 9.95. The third kappa shape index (κ3) is 5.47. The molecule has 0 aliphatic heterocycles. The normalized spacial score (nSPS) is 9.38. The summed E-state index contributed by atoms with van der Waals surface area (Å²) >= 11 is 4.75. The van der Waals surface area contributed by atoms with E-state index in [2.05, 4.69) is 15.7 Å². The number of nitrogens with one attached hydrogen (secondary N) is 2. The van der Waals surface area contributed by atoms with E-state index in [0.29, 0.717) is 6.54 Å². The molecule has 0 rings (SSSR count). The largest absolute Gasteiger partial charge is 0.462 e. The Bertz CT molecular complexity index is 272. The van der Waals surface area contributed by atoms with Crippen LogP contribution in [0.15, 0.2) is 0 Å². The maximum absolute atomic E-state index is 11.0. The van der Waals surface area contributed by atoms with Gasteiger partial charge in [0.1, 0.15) is 0 Å². The first kappa shape index (κ1) is 14.6. The predicted octanol–water partition coefficient (Wildman–Crippen LogP) is -0.959. The molecule has 0 aromatic carbocycles. The van der Waals surface area contributed by atoms with Gasteiger partial charge in [-0.2, -0.15) is 0 Å². The minimum Gasteiger partial charge on any atom is -0.462 e. The van der Waals surface area contributed by atoms with Gasteiger partial charge in [0.25, 0.3) is 0 Å². The van der Waals surface area contributed by atoms with E-state index in [4.69, 9.17) is 18.0 Å². The molecule has 0 unspecified atom stereocenters. The molecule has 92 valence electrons. The molecule has 0 saturated heterocycles. The molecule has 1 amide bonds. The molecule has 0 fully saturated rings. The van der Waals surface area contributed by atoms with E-state index >= 15 is 0 Å². The van der Waals surface area contributed by atoms with Crippen LogP contribution >= 0.6 is 12.2 Å². The van der Waals surface area contributed by atoms with Crippen LogP contribution in [0.3, 0.4) is 0 Å². The highest BCUT2D eigenvalue weighted by Gasteiger charge is 2.14. The van der Waals surface area contributed by atoms with Gasteiger partial charge in [-0.25, -0.2) is 4.79 Å². The molecular formula is C8H16N4O3S. The third-order valence-corrected chi connectivity index (χ3v) is 1.90. The third-order valence-electron chi connectivity index (χ3n) is 1.68. The summed E-state index contributed by atoms with van der Waals surface area (Å²) in [7, 11) is 1.12. The van der Waals surface area contributed by atoms with E-state index in [1.165, 1.54) is 5.01 Å². The van der Waals surface area contributed by atoms with Crippen LogP contribution in [-0.4, -0.2) is 35.7 Å². The lowest BCUT2D eigenvalue weighted by molar-refractivity contribution is -0.153. The quantitative estimate of drug-likeness (QED) is 0.249. The van der Waals surface area contributed by atoms with E-state index < -0.39 is 11.9 Å². The summed E-state index contributed by atoms with van der Waals surface area (Å²) < 4.78 is 4.21. The second kappa shape index (κ2) is 7.83. The van der Waals surface area contributed by atoms with Crippen molar-refractivity contribution in [2.24, 2.45) is 5.73 Å². The zero-order valence-corrected chi connectivity index (χ0v) is 10.1. The van der Waals surface area contributed by atoms with Crippen molar-refractivity contribution >= 4 is 29.2 Å². The van der Waals surface area contributed by atoms with Crippen LogP contribution in [0.25, 0.3) is 0 Å². The molecule has 0 radical (unpaired) electrons. The van der Waals surface area contributed by atoms with E-state index in [1.807, 2.05) is 6.92 Å². The topological polar surface area (TPSA) is 96.7 Å². The number of carbonyl (C=O) groups excluding carboxylic acids is 2. The van der Waals surface area contributed by atoms with Gasteiger partial charge in [-0.1, -0.05) is 13.3 Å². The second-order valence-corrected chi connectivity index (χ2v) is 3.32. The van der Waals surface area contributed by atoms with Crippen molar-refractivity contribution in [3.8, 4) is 0 Å². The van der Waals surface area contributed by atoms with Gasteiger partial charge in [-0.15, -0.1) is 5.53 Å². The molecule has 0 heterocycles. The zero-order valence-electron chi connectivity index (χ0n) is 9.28. The molecule has 16 heavy (non-hydrogen) atoms. The monoisotopic (exact) mass is 248 g/mol. The minimum atomic E-state index is -0.995. The smallest absolute Gasteiger partial charge is 0.397 e. The van der Waals surface area contributed by atoms with Crippen LogP contribution in [0.4, 0.5) is 0 Å². The molecular weight excluding hydrogens is 232 g/mol. The zero-order chi connectivity index (χ0) is 12.6. The molecule has 0 spiro atoms. The van der Waals surface area contributed by atoms with E-state index in [9.17, 15) is 9.59 Å². The van der Waals surface area contributed by atoms with E-state index in [1.54, 1.807) is 0 Å². The van der Waals surface area contributed by atoms with Crippen molar-refractivity contribution in [2.45, 2.75) is 19.8 Å². The average Bonchev–Trinajstić information content (AvgIpc) is 2.27. The number of methoxy groups -OCH3 is 1. The van der Waals surface area contributed by atoms with E-state index in [0.717, 1.165) is 20.0 Å². The van der Waals surface area contributed by atoms with Crippen LogP contribution in [0, 0.1) is 0 Å². The van der Waals surface area contributed by atoms with Crippen LogP contribution in [0.5, 0.6) is 0 Å². The van der Waals surface area contributed by atoms with Gasteiger partial charge in [-0.3, -0.25) is 15.2 Å². The molecule has 0 aliphatic rings. The summed E-state index contributed by atoms with van der Waals surface area (Å²) in [4.78, 5) is 21.8. The maximum atomic E-state index is 11.0. The minimum absolute atomic E-state index is 0.0821. The number of thiocarbonyl (C=S) groups is 1. The van der Waals surface area contributed by atoms with Gasteiger partial charge in [0.05, 0.1) is 7.11 Å². The highest BCUT2D eigenvalue weighted by molar-refractivity contribution is 7.80. The molecule has 0 aliphatic carbocycles. The molecule has 0 aromatic heterocycles. The number of nitrogens with two attached hydrogens (primary N) is 1. The first-order chi connectivity index (χ1) is 7.52. The fourth-order valence-electron chi connectivity index (χ4n) is 0.799. The predicted molar refractivity (Wildman–Crippen MR) is 61.7 cm³/mol. The summed E-state index contributed by atoms with van der Waals surface area (Å²) in [6.07, 6.45) is 1.80. The second-order valence-electron chi connectivity index (χ2n) is 2.90. The molecule has 4 N–H and O–H groups in total. The average molecular weight is 248 g/mol. The number of esters is 1. The number of carbonyl (C=O) groups is 2. The Balaban J connectivity index is 4.06. The molecule has 0 aromatic rings. The van der Waals surface area contributed by atoms with E-state index in [-0.39, 0.29) is 5.11 Å². The number of amides is 1. The Hall–Kier alpha value is -1.41. The highest BCUT2D eigenvalue weighted by atomic mass is 32.1. The van der Waals surface area contributed by atoms with Gasteiger partial charge < -0.3 is 10.5 Å². The van der Waals surface area contributed by atoms with Gasteiger partial charge in [0.2, 0.25) is 0 Å². The summed E-state index contributed by atoms with van der Waals surface area (Å²) in [5.74, 6) is -1.91. The van der Waals surface area contributed by atoms with Crippen molar-refractivity contribution in [2.75, 3.05) is 13.7 Å². The van der Waals surface area contributed by atoms with Gasteiger partial charge in [0.15, 0.2) is 5.11 Å². The maximum Gasteiger partial charge on any atom is 0.397 e. The van der Waals surface area contributed by atoms with Crippen LogP contribution in [0.2, 0.25) is 0 Å². The van der Waals surface area contributed by atoms with Crippen LogP contribution in [0.1, 0.15) is 19.8 Å². The Labute approximate surface area is 99.2 Å². The molecule has 0 bridgehead atoms. The number of hydrazine groups is 2. The first-order valence-electron chi connectivity index (χ1n) is 4.73. The van der Waals surface area contributed by atoms with Gasteiger partial charge in [0, 0.05) is 6.54 Å². The number of ether oxygens (including phenoxy) is 1. The molecule has 0 saturated carbocycles. The number of nitrogens with zero attached hydrogens (tertiary/aromatic N) is 1. The Morgan fingerprint density at radius 3 is 2.56 bits per heavy atom. The number of hydrogen-bond acceptors (Lipinski definition) is 5. The van der Waals surface area contributed by atoms with Gasteiger partial charge >= 0.3 is 11.9 Å². The number of hydrogen-bond donors (Lipinski definition) is 3. The SMILES string of the molecule is CCCCN(NNC(=O)C(=O)OC)C(N)=S. The molecule has 0 atom stereocenters. The Morgan fingerprint density at radius 1 is 1.50 bits per heavy atom. The summed E-state index contributed by atoms with van der Waals surface area (Å²) in [6.45, 7) is 2.54. The molecule has 8 heteroatoms. The number of rotatable bonds is 5. The standard InChI is InChI=1S/C8H16N4O3S/c1-3-4-5-12(8(9)16)11-10-6(13)7(14)15-2/h11H,3-5H2,1-2H3,(H2,9,16)(H,10,13). The van der Waals surface area contributed by atoms with Crippen molar-refractivity contribution in [1.29, 1.82) is 0 Å². The van der Waals surface area contributed by atoms with Crippen LogP contribution in [-0.2, 0) is 14.3 Å². The summed E-state index contributed by atoms with van der Waals surface area (Å²) in [5, 5.41) is 1.44. The highest BCUT2D eigenvalue weighted by Crippen LogP contribution is 1.90. The lowest BCUT2D eigenvalue weighted by Crippen LogP contribution is -2.55. The van der Waals surface area contributed by atoms with Crippen molar-refractivity contribution < 1.29 is 14.3 Å².